The Morgan fingerprint density at radius 1 is 1.00 bits per heavy atom. The predicted molar refractivity (Wildman–Crippen MR) is 129 cm³/mol. The molecule has 162 valence electrons. The van der Waals surface area contributed by atoms with E-state index >= 15 is 0 Å². The fraction of sp³-hybridized carbons (Fsp3) is 0.125. The Kier molecular flexibility index (Phi) is 7.09. The maximum atomic E-state index is 12.7. The van der Waals surface area contributed by atoms with Gasteiger partial charge in [-0.1, -0.05) is 65.8 Å². The first kappa shape index (κ1) is 21.9. The topological polar surface area (TPSA) is 69.0 Å². The van der Waals surface area contributed by atoms with Crippen molar-refractivity contribution < 1.29 is 9.53 Å². The molecule has 0 unspecified atom stereocenters. The number of hydrogen-bond acceptors (Lipinski definition) is 5. The first-order valence-electron chi connectivity index (χ1n) is 10.1. The molecular weight excluding hydrogens is 444 g/mol. The van der Waals surface area contributed by atoms with Crippen LogP contribution in [-0.4, -0.2) is 33.0 Å². The van der Waals surface area contributed by atoms with Crippen molar-refractivity contribution in [3.8, 4) is 22.8 Å². The first-order chi connectivity index (χ1) is 15.7. The maximum absolute atomic E-state index is 12.7. The van der Waals surface area contributed by atoms with Gasteiger partial charge in [0, 0.05) is 11.3 Å². The summed E-state index contributed by atoms with van der Waals surface area (Å²) < 4.78 is 7.49. The molecule has 0 atom stereocenters. The van der Waals surface area contributed by atoms with Crippen LogP contribution in [0.15, 0.2) is 84.0 Å². The second-order valence-corrected chi connectivity index (χ2v) is 8.07. The molecule has 0 saturated carbocycles. The van der Waals surface area contributed by atoms with Crippen molar-refractivity contribution in [1.29, 1.82) is 0 Å². The van der Waals surface area contributed by atoms with Crippen LogP contribution < -0.4 is 10.1 Å². The Hall–Kier alpha value is -3.29. The molecule has 1 amide bonds. The number of aromatic nitrogens is 3. The summed E-state index contributed by atoms with van der Waals surface area (Å²) in [4.78, 5) is 12.7. The minimum atomic E-state index is -0.163. The van der Waals surface area contributed by atoms with Gasteiger partial charge in [0.05, 0.1) is 23.1 Å². The molecule has 1 aromatic heterocycles. The summed E-state index contributed by atoms with van der Waals surface area (Å²) in [6.07, 6.45) is 0. The number of rotatable bonds is 8. The number of carbonyl (C=O) groups is 1. The van der Waals surface area contributed by atoms with Crippen molar-refractivity contribution in [3.63, 3.8) is 0 Å². The molecule has 4 rings (SSSR count). The SMILES string of the molecule is CCOc1ccccc1NC(=O)CSc1nnc(-c2ccccc2Cl)n1-c1ccccc1. The van der Waals surface area contributed by atoms with Gasteiger partial charge >= 0.3 is 0 Å². The van der Waals surface area contributed by atoms with Gasteiger partial charge in [-0.3, -0.25) is 9.36 Å². The Morgan fingerprint density at radius 2 is 1.72 bits per heavy atom. The number of anilines is 1. The fourth-order valence-electron chi connectivity index (χ4n) is 3.16. The molecule has 1 N–H and O–H groups in total. The van der Waals surface area contributed by atoms with Crippen LogP contribution in [0.4, 0.5) is 5.69 Å². The lowest BCUT2D eigenvalue weighted by molar-refractivity contribution is -0.113. The number of nitrogens with zero attached hydrogens (tertiary/aromatic N) is 3. The first-order valence-corrected chi connectivity index (χ1v) is 11.4. The van der Waals surface area contributed by atoms with Gasteiger partial charge in [0.2, 0.25) is 5.91 Å². The van der Waals surface area contributed by atoms with E-state index in [1.807, 2.05) is 90.4 Å². The van der Waals surface area contributed by atoms with Crippen LogP contribution >= 0.6 is 23.4 Å². The summed E-state index contributed by atoms with van der Waals surface area (Å²) in [7, 11) is 0. The zero-order valence-corrected chi connectivity index (χ0v) is 18.9. The molecule has 3 aromatic carbocycles. The molecule has 0 bridgehead atoms. The number of thioether (sulfide) groups is 1. The predicted octanol–water partition coefficient (Wildman–Crippen LogP) is 5.72. The molecule has 0 aliphatic heterocycles. The highest BCUT2D eigenvalue weighted by atomic mass is 35.5. The van der Waals surface area contributed by atoms with E-state index < -0.39 is 0 Å². The lowest BCUT2D eigenvalue weighted by atomic mass is 10.2. The smallest absolute Gasteiger partial charge is 0.234 e. The Balaban J connectivity index is 1.58. The molecule has 0 fully saturated rings. The minimum absolute atomic E-state index is 0.161. The normalized spacial score (nSPS) is 10.7. The van der Waals surface area contributed by atoms with Crippen LogP contribution in [0, 0.1) is 0 Å². The van der Waals surface area contributed by atoms with Crippen LogP contribution in [0.2, 0.25) is 5.02 Å². The third-order valence-corrected chi connectivity index (χ3v) is 5.81. The Bertz CT molecular complexity index is 1210. The number of para-hydroxylation sites is 3. The average Bonchev–Trinajstić information content (AvgIpc) is 3.24. The molecule has 0 aliphatic carbocycles. The minimum Gasteiger partial charge on any atom is -0.492 e. The molecular formula is C24H21ClN4O2S. The van der Waals surface area contributed by atoms with E-state index in [9.17, 15) is 4.79 Å². The average molecular weight is 465 g/mol. The molecule has 6 nitrogen and oxygen atoms in total. The van der Waals surface area contributed by atoms with Gasteiger partial charge in [0.25, 0.3) is 0 Å². The van der Waals surface area contributed by atoms with E-state index in [-0.39, 0.29) is 11.7 Å². The molecule has 0 radical (unpaired) electrons. The molecule has 4 aromatic rings. The zero-order chi connectivity index (χ0) is 22.3. The third-order valence-electron chi connectivity index (χ3n) is 4.56. The summed E-state index contributed by atoms with van der Waals surface area (Å²) in [5.74, 6) is 1.26. The van der Waals surface area contributed by atoms with Gasteiger partial charge in [-0.05, 0) is 43.3 Å². The number of benzene rings is 3. The summed E-state index contributed by atoms with van der Waals surface area (Å²) in [6, 6.07) is 24.6. The molecule has 8 heteroatoms. The summed E-state index contributed by atoms with van der Waals surface area (Å²) >= 11 is 7.73. The molecule has 0 aliphatic rings. The number of nitrogens with one attached hydrogen (secondary N) is 1. The van der Waals surface area contributed by atoms with Crippen molar-refractivity contribution in [2.24, 2.45) is 0 Å². The van der Waals surface area contributed by atoms with Crippen LogP contribution in [0.5, 0.6) is 5.75 Å². The number of hydrogen-bond donors (Lipinski definition) is 1. The van der Waals surface area contributed by atoms with Crippen molar-refractivity contribution in [2.75, 3.05) is 17.7 Å². The van der Waals surface area contributed by atoms with Gasteiger partial charge in [0.1, 0.15) is 5.75 Å². The van der Waals surface area contributed by atoms with Gasteiger partial charge in [-0.25, -0.2) is 0 Å². The van der Waals surface area contributed by atoms with E-state index in [4.69, 9.17) is 16.3 Å². The van der Waals surface area contributed by atoms with Crippen LogP contribution in [0.1, 0.15) is 6.92 Å². The second-order valence-electron chi connectivity index (χ2n) is 6.72. The highest BCUT2D eigenvalue weighted by molar-refractivity contribution is 7.99. The fourth-order valence-corrected chi connectivity index (χ4v) is 4.13. The van der Waals surface area contributed by atoms with Crippen molar-refractivity contribution >= 4 is 35.0 Å². The van der Waals surface area contributed by atoms with Gasteiger partial charge in [-0.2, -0.15) is 0 Å². The van der Waals surface area contributed by atoms with E-state index in [0.29, 0.717) is 34.0 Å². The largest absolute Gasteiger partial charge is 0.492 e. The standard InChI is InChI=1S/C24H21ClN4O2S/c1-2-31-21-15-9-8-14-20(21)26-22(30)16-32-24-28-27-23(18-12-6-7-13-19(18)25)29(24)17-10-4-3-5-11-17/h3-15H,2,16H2,1H3,(H,26,30). The van der Waals surface area contributed by atoms with Crippen LogP contribution in [0.3, 0.4) is 0 Å². The number of carbonyl (C=O) groups excluding carboxylic acids is 1. The Labute approximate surface area is 195 Å². The molecule has 0 spiro atoms. The quantitative estimate of drug-likeness (QED) is 0.338. The van der Waals surface area contributed by atoms with Crippen LogP contribution in [-0.2, 0) is 4.79 Å². The van der Waals surface area contributed by atoms with E-state index in [0.717, 1.165) is 11.3 Å². The monoisotopic (exact) mass is 464 g/mol. The highest BCUT2D eigenvalue weighted by Crippen LogP contribution is 2.32. The van der Waals surface area contributed by atoms with Gasteiger partial charge in [0.15, 0.2) is 11.0 Å². The van der Waals surface area contributed by atoms with Crippen molar-refractivity contribution in [2.45, 2.75) is 12.1 Å². The van der Waals surface area contributed by atoms with Crippen LogP contribution in [0.25, 0.3) is 17.1 Å². The maximum Gasteiger partial charge on any atom is 0.234 e. The van der Waals surface area contributed by atoms with E-state index in [1.165, 1.54) is 11.8 Å². The molecule has 0 saturated heterocycles. The van der Waals surface area contributed by atoms with E-state index in [1.54, 1.807) is 0 Å². The highest BCUT2D eigenvalue weighted by Gasteiger charge is 2.19. The van der Waals surface area contributed by atoms with E-state index in [2.05, 4.69) is 15.5 Å². The second kappa shape index (κ2) is 10.3. The molecule has 1 heterocycles. The zero-order valence-electron chi connectivity index (χ0n) is 17.4. The Morgan fingerprint density at radius 3 is 2.50 bits per heavy atom. The lowest BCUT2D eigenvalue weighted by Crippen LogP contribution is -2.15. The number of ether oxygens (including phenoxy) is 1. The third kappa shape index (κ3) is 4.95. The summed E-state index contributed by atoms with van der Waals surface area (Å²) in [5, 5.41) is 12.8. The number of halogens is 1. The van der Waals surface area contributed by atoms with Crippen molar-refractivity contribution in [3.05, 3.63) is 83.9 Å². The van der Waals surface area contributed by atoms with Crippen molar-refractivity contribution in [1.82, 2.24) is 14.8 Å². The lowest BCUT2D eigenvalue weighted by Gasteiger charge is -2.12. The van der Waals surface area contributed by atoms with Gasteiger partial charge in [-0.15, -0.1) is 10.2 Å². The molecule has 32 heavy (non-hydrogen) atoms. The summed E-state index contributed by atoms with van der Waals surface area (Å²) in [5.41, 5.74) is 2.30. The van der Waals surface area contributed by atoms with Gasteiger partial charge < -0.3 is 10.1 Å². The number of amides is 1. The summed E-state index contributed by atoms with van der Waals surface area (Å²) in [6.45, 7) is 2.42.